The summed E-state index contributed by atoms with van der Waals surface area (Å²) in [4.78, 5) is 32.8. The molecule has 6 rings (SSSR count). The quantitative estimate of drug-likeness (QED) is 0.500. The van der Waals surface area contributed by atoms with Crippen molar-refractivity contribution in [3.8, 4) is 0 Å². The van der Waals surface area contributed by atoms with E-state index in [1.807, 2.05) is 41.3 Å². The monoisotopic (exact) mass is 415 g/mol. The lowest BCUT2D eigenvalue weighted by atomic mass is 9.99. The number of nitrogens with zero attached hydrogens (tertiary/aromatic N) is 5. The first kappa shape index (κ1) is 17.8. The van der Waals surface area contributed by atoms with Crippen molar-refractivity contribution in [1.29, 1.82) is 0 Å². The molecule has 4 aromatic rings. The van der Waals surface area contributed by atoms with Crippen LogP contribution in [0, 0.1) is 0 Å². The zero-order valence-corrected chi connectivity index (χ0v) is 17.4. The van der Waals surface area contributed by atoms with Gasteiger partial charge in [-0.3, -0.25) is 9.78 Å². The highest BCUT2D eigenvalue weighted by atomic mass is 32.1. The van der Waals surface area contributed by atoms with Crippen molar-refractivity contribution in [1.82, 2.24) is 19.9 Å². The van der Waals surface area contributed by atoms with E-state index in [2.05, 4.69) is 9.88 Å². The fraction of sp³-hybridized carbons (Fsp3) is 0.304. The van der Waals surface area contributed by atoms with Crippen molar-refractivity contribution in [3.05, 3.63) is 59.4 Å². The minimum atomic E-state index is 0.150. The van der Waals surface area contributed by atoms with Gasteiger partial charge in [-0.25, -0.2) is 9.97 Å². The molecule has 1 aliphatic heterocycles. The van der Waals surface area contributed by atoms with Crippen LogP contribution in [0.2, 0.25) is 0 Å². The molecule has 1 aliphatic carbocycles. The van der Waals surface area contributed by atoms with E-state index >= 15 is 0 Å². The standard InChI is InChI=1S/C23H21N5OS/c29-22(20-15-5-1-2-7-17(15)25-18-8-3-6-16(18)20)27-11-13-28(14-12-27)23-26-19-9-4-10-24-21(19)30-23/h1-2,4-5,7,9-10H,3,6,8,11-14H2. The van der Waals surface area contributed by atoms with Gasteiger partial charge in [-0.1, -0.05) is 29.5 Å². The number of pyridine rings is 2. The Labute approximate surface area is 178 Å². The summed E-state index contributed by atoms with van der Waals surface area (Å²) in [5.41, 5.74) is 5.03. The first-order valence-corrected chi connectivity index (χ1v) is 11.3. The molecule has 1 fully saturated rings. The third-order valence-corrected chi connectivity index (χ3v) is 7.17. The Morgan fingerprint density at radius 3 is 2.63 bits per heavy atom. The normalized spacial score (nSPS) is 16.4. The number of hydrogen-bond donors (Lipinski definition) is 0. The predicted molar refractivity (Wildman–Crippen MR) is 119 cm³/mol. The van der Waals surface area contributed by atoms with Gasteiger partial charge in [-0.2, -0.15) is 0 Å². The number of amides is 1. The molecule has 0 radical (unpaired) electrons. The number of benzene rings is 1. The van der Waals surface area contributed by atoms with Gasteiger partial charge in [0, 0.05) is 43.5 Å². The fourth-order valence-electron chi connectivity index (χ4n) is 4.61. The minimum absolute atomic E-state index is 0.150. The molecule has 1 aromatic carbocycles. The van der Waals surface area contributed by atoms with Crippen molar-refractivity contribution >= 4 is 43.6 Å². The Kier molecular flexibility index (Phi) is 4.16. The number of hydrogen-bond acceptors (Lipinski definition) is 6. The van der Waals surface area contributed by atoms with Crippen molar-refractivity contribution in [2.24, 2.45) is 0 Å². The minimum Gasteiger partial charge on any atom is -0.344 e. The first-order valence-electron chi connectivity index (χ1n) is 10.4. The third kappa shape index (κ3) is 2.84. The smallest absolute Gasteiger partial charge is 0.255 e. The number of anilines is 1. The summed E-state index contributed by atoms with van der Waals surface area (Å²) in [6.45, 7) is 2.98. The summed E-state index contributed by atoms with van der Waals surface area (Å²) in [7, 11) is 0. The van der Waals surface area contributed by atoms with E-state index < -0.39 is 0 Å². The molecule has 1 amide bonds. The molecule has 7 heteroatoms. The molecular formula is C23H21N5OS. The Morgan fingerprint density at radius 1 is 0.933 bits per heavy atom. The predicted octanol–water partition coefficient (Wildman–Crippen LogP) is 3.69. The molecule has 0 spiro atoms. The van der Waals surface area contributed by atoms with Crippen LogP contribution in [-0.4, -0.2) is 51.9 Å². The average molecular weight is 416 g/mol. The van der Waals surface area contributed by atoms with Crippen LogP contribution < -0.4 is 4.90 Å². The van der Waals surface area contributed by atoms with Crippen LogP contribution >= 0.6 is 11.3 Å². The summed E-state index contributed by atoms with van der Waals surface area (Å²) in [6.07, 6.45) is 4.81. The van der Waals surface area contributed by atoms with Crippen molar-refractivity contribution in [3.63, 3.8) is 0 Å². The van der Waals surface area contributed by atoms with Gasteiger partial charge in [0.05, 0.1) is 11.1 Å². The van der Waals surface area contributed by atoms with E-state index in [1.54, 1.807) is 17.5 Å². The summed E-state index contributed by atoms with van der Waals surface area (Å²) in [5.74, 6) is 0.150. The molecule has 1 saturated heterocycles. The van der Waals surface area contributed by atoms with E-state index in [0.717, 1.165) is 70.0 Å². The van der Waals surface area contributed by atoms with Gasteiger partial charge in [-0.05, 0) is 43.0 Å². The largest absolute Gasteiger partial charge is 0.344 e. The SMILES string of the molecule is O=C(c1c2c(nc3ccccc13)CCC2)N1CCN(c2nc3cccnc3s2)CC1. The molecule has 0 unspecified atom stereocenters. The fourth-order valence-corrected chi connectivity index (χ4v) is 5.57. The average Bonchev–Trinajstić information content (AvgIpc) is 3.44. The van der Waals surface area contributed by atoms with Gasteiger partial charge in [0.15, 0.2) is 5.13 Å². The second-order valence-electron chi connectivity index (χ2n) is 7.89. The second kappa shape index (κ2) is 7.02. The zero-order chi connectivity index (χ0) is 20.1. The lowest BCUT2D eigenvalue weighted by molar-refractivity contribution is 0.0747. The van der Waals surface area contributed by atoms with E-state index in [-0.39, 0.29) is 5.91 Å². The molecule has 4 heterocycles. The number of rotatable bonds is 2. The van der Waals surface area contributed by atoms with Crippen molar-refractivity contribution in [2.75, 3.05) is 31.1 Å². The molecule has 0 bridgehead atoms. The summed E-state index contributed by atoms with van der Waals surface area (Å²) in [5, 5.41) is 1.98. The number of aryl methyl sites for hydroxylation is 1. The number of carbonyl (C=O) groups excluding carboxylic acids is 1. The topological polar surface area (TPSA) is 62.2 Å². The van der Waals surface area contributed by atoms with Gasteiger partial charge in [0.25, 0.3) is 5.91 Å². The number of aromatic nitrogens is 3. The lowest BCUT2D eigenvalue weighted by Gasteiger charge is -2.35. The maximum Gasteiger partial charge on any atom is 0.255 e. The molecule has 6 nitrogen and oxygen atoms in total. The third-order valence-electron chi connectivity index (χ3n) is 6.13. The maximum atomic E-state index is 13.6. The number of thiazole rings is 1. The highest BCUT2D eigenvalue weighted by Gasteiger charge is 2.29. The van der Waals surface area contributed by atoms with Gasteiger partial charge < -0.3 is 9.80 Å². The number of carbonyl (C=O) groups is 1. The molecule has 30 heavy (non-hydrogen) atoms. The van der Waals surface area contributed by atoms with Crippen LogP contribution in [0.1, 0.15) is 28.0 Å². The second-order valence-corrected chi connectivity index (χ2v) is 8.84. The van der Waals surface area contributed by atoms with Crippen LogP contribution in [0.5, 0.6) is 0 Å². The van der Waals surface area contributed by atoms with Gasteiger partial charge >= 0.3 is 0 Å². The van der Waals surface area contributed by atoms with Crippen molar-refractivity contribution < 1.29 is 4.79 Å². The maximum absolute atomic E-state index is 13.6. The van der Waals surface area contributed by atoms with E-state index in [9.17, 15) is 4.79 Å². The van der Waals surface area contributed by atoms with E-state index in [0.29, 0.717) is 13.1 Å². The van der Waals surface area contributed by atoms with Crippen LogP contribution in [0.3, 0.4) is 0 Å². The Bertz CT molecular complexity index is 1240. The van der Waals surface area contributed by atoms with Gasteiger partial charge in [0.2, 0.25) is 0 Å². The van der Waals surface area contributed by atoms with Crippen molar-refractivity contribution in [2.45, 2.75) is 19.3 Å². The summed E-state index contributed by atoms with van der Waals surface area (Å²) < 4.78 is 0. The highest BCUT2D eigenvalue weighted by molar-refractivity contribution is 7.21. The molecule has 3 aromatic heterocycles. The summed E-state index contributed by atoms with van der Waals surface area (Å²) in [6, 6.07) is 12.0. The summed E-state index contributed by atoms with van der Waals surface area (Å²) >= 11 is 1.62. The van der Waals surface area contributed by atoms with Gasteiger partial charge in [0.1, 0.15) is 10.3 Å². The van der Waals surface area contributed by atoms with Crippen LogP contribution in [0.25, 0.3) is 21.3 Å². The molecule has 2 aliphatic rings. The number of fused-ring (bicyclic) bond motifs is 3. The van der Waals surface area contributed by atoms with Crippen LogP contribution in [0.4, 0.5) is 5.13 Å². The first-order chi connectivity index (χ1) is 14.8. The van der Waals surface area contributed by atoms with Crippen LogP contribution in [-0.2, 0) is 12.8 Å². The number of para-hydroxylation sites is 1. The zero-order valence-electron chi connectivity index (χ0n) is 16.5. The molecule has 0 N–H and O–H groups in total. The van der Waals surface area contributed by atoms with Gasteiger partial charge in [-0.15, -0.1) is 0 Å². The molecular weight excluding hydrogens is 394 g/mol. The molecule has 0 saturated carbocycles. The molecule has 150 valence electrons. The van der Waals surface area contributed by atoms with E-state index in [4.69, 9.17) is 9.97 Å². The Hall–Kier alpha value is -3.06. The Morgan fingerprint density at radius 2 is 1.77 bits per heavy atom. The Balaban J connectivity index is 1.27. The van der Waals surface area contributed by atoms with E-state index in [1.165, 1.54) is 5.56 Å². The molecule has 0 atom stereocenters. The highest BCUT2D eigenvalue weighted by Crippen LogP contribution is 2.32. The van der Waals surface area contributed by atoms with Crippen LogP contribution in [0.15, 0.2) is 42.6 Å². The number of piperazine rings is 1. The lowest BCUT2D eigenvalue weighted by Crippen LogP contribution is -2.49.